The Labute approximate surface area is 152 Å². The van der Waals surface area contributed by atoms with Crippen molar-refractivity contribution in [2.75, 3.05) is 18.4 Å². The van der Waals surface area contributed by atoms with Crippen molar-refractivity contribution in [1.82, 2.24) is 15.1 Å². The van der Waals surface area contributed by atoms with Gasteiger partial charge in [0.1, 0.15) is 6.04 Å². The number of anilines is 1. The van der Waals surface area contributed by atoms with Crippen LogP contribution in [0.3, 0.4) is 0 Å². The highest BCUT2D eigenvalue weighted by atomic mass is 16.4. The second kappa shape index (κ2) is 6.45. The van der Waals surface area contributed by atoms with E-state index in [4.69, 9.17) is 9.68 Å². The van der Waals surface area contributed by atoms with Crippen LogP contribution in [0.25, 0.3) is 11.5 Å². The van der Waals surface area contributed by atoms with Crippen LogP contribution in [0.5, 0.6) is 0 Å². The van der Waals surface area contributed by atoms with Crippen LogP contribution >= 0.6 is 0 Å². The molecular formula is C19H21N5O2. The Morgan fingerprint density at radius 3 is 2.54 bits per heavy atom. The summed E-state index contributed by atoms with van der Waals surface area (Å²) in [6, 6.07) is 8.78. The predicted octanol–water partition coefficient (Wildman–Crippen LogP) is 2.81. The van der Waals surface area contributed by atoms with E-state index in [1.54, 1.807) is 24.3 Å². The zero-order valence-electron chi connectivity index (χ0n) is 14.7. The molecule has 1 aromatic heterocycles. The molecule has 7 heteroatoms. The fraction of sp³-hybridized carbons (Fsp3) is 0.474. The smallest absolute Gasteiger partial charge is 0.316 e. The van der Waals surface area contributed by atoms with Gasteiger partial charge >= 0.3 is 6.01 Å². The van der Waals surface area contributed by atoms with Gasteiger partial charge in [-0.3, -0.25) is 4.79 Å². The number of amides is 1. The van der Waals surface area contributed by atoms with Gasteiger partial charge in [-0.2, -0.15) is 5.26 Å². The second-order valence-corrected chi connectivity index (χ2v) is 7.29. The Morgan fingerprint density at radius 2 is 1.92 bits per heavy atom. The third kappa shape index (κ3) is 3.27. The summed E-state index contributed by atoms with van der Waals surface area (Å²) in [6.07, 6.45) is 4.88. The predicted molar refractivity (Wildman–Crippen MR) is 95.0 cm³/mol. The molecule has 1 aromatic carbocycles. The number of hydrogen-bond acceptors (Lipinski definition) is 6. The van der Waals surface area contributed by atoms with Crippen molar-refractivity contribution in [3.8, 4) is 17.5 Å². The Morgan fingerprint density at radius 1 is 1.23 bits per heavy atom. The van der Waals surface area contributed by atoms with Gasteiger partial charge < -0.3 is 14.6 Å². The highest BCUT2D eigenvalue weighted by molar-refractivity contribution is 5.83. The molecule has 1 amide bonds. The molecule has 26 heavy (non-hydrogen) atoms. The van der Waals surface area contributed by atoms with Gasteiger partial charge in [-0.25, -0.2) is 0 Å². The number of rotatable bonds is 4. The number of hydrogen-bond donors (Lipinski definition) is 1. The molecule has 1 spiro atoms. The van der Waals surface area contributed by atoms with Gasteiger partial charge in [0, 0.05) is 18.7 Å². The average molecular weight is 351 g/mol. The normalized spacial score (nSPS) is 19.0. The number of benzene rings is 1. The van der Waals surface area contributed by atoms with Gasteiger partial charge in [-0.1, -0.05) is 5.10 Å². The van der Waals surface area contributed by atoms with Crippen LogP contribution in [0.1, 0.15) is 38.2 Å². The highest BCUT2D eigenvalue weighted by Crippen LogP contribution is 2.53. The number of piperidine rings is 1. The number of carbonyl (C=O) groups excluding carboxylic acids is 1. The Kier molecular flexibility index (Phi) is 4.11. The van der Waals surface area contributed by atoms with E-state index in [0.29, 0.717) is 16.9 Å². The van der Waals surface area contributed by atoms with Crippen LogP contribution in [0.15, 0.2) is 28.7 Å². The molecule has 1 N–H and O–H groups in total. The first kappa shape index (κ1) is 16.6. The molecule has 0 unspecified atom stereocenters. The standard InChI is InChI=1S/C19H21N5O2/c1-13(17(25)24-10-8-19(6-7-19)9-11-24)21-18-23-22-16(26-18)15-4-2-14(12-20)3-5-15/h2-5,13H,6-11H2,1H3,(H,21,23)/t13-/m0/s1. The topological polar surface area (TPSA) is 95.0 Å². The van der Waals surface area contributed by atoms with E-state index in [0.717, 1.165) is 31.5 Å². The number of likely N-dealkylation sites (tertiary alicyclic amines) is 1. The molecule has 1 saturated heterocycles. The first-order chi connectivity index (χ1) is 12.6. The summed E-state index contributed by atoms with van der Waals surface area (Å²) in [5, 5.41) is 19.8. The quantitative estimate of drug-likeness (QED) is 0.910. The lowest BCUT2D eigenvalue weighted by Crippen LogP contribution is -2.45. The SMILES string of the molecule is C[C@H](Nc1nnc(-c2ccc(C#N)cc2)o1)C(=O)N1CCC2(CC1)CC2. The lowest BCUT2D eigenvalue weighted by Gasteiger charge is -2.33. The molecule has 2 aromatic rings. The van der Waals surface area contributed by atoms with Crippen molar-refractivity contribution in [3.63, 3.8) is 0 Å². The summed E-state index contributed by atoms with van der Waals surface area (Å²) in [5.74, 6) is 0.420. The number of nitrogens with zero attached hydrogens (tertiary/aromatic N) is 4. The van der Waals surface area contributed by atoms with Crippen molar-refractivity contribution in [3.05, 3.63) is 29.8 Å². The van der Waals surface area contributed by atoms with Crippen LogP contribution < -0.4 is 5.32 Å². The molecule has 1 aliphatic heterocycles. The fourth-order valence-corrected chi connectivity index (χ4v) is 3.48. The maximum Gasteiger partial charge on any atom is 0.316 e. The van der Waals surface area contributed by atoms with Crippen molar-refractivity contribution < 1.29 is 9.21 Å². The highest BCUT2D eigenvalue weighted by Gasteiger charge is 2.45. The molecule has 1 saturated carbocycles. The van der Waals surface area contributed by atoms with E-state index in [-0.39, 0.29) is 11.9 Å². The number of aromatic nitrogens is 2. The molecule has 0 radical (unpaired) electrons. The summed E-state index contributed by atoms with van der Waals surface area (Å²) in [5.41, 5.74) is 1.85. The summed E-state index contributed by atoms with van der Waals surface area (Å²) in [7, 11) is 0. The third-order valence-corrected chi connectivity index (χ3v) is 5.49. The van der Waals surface area contributed by atoms with Gasteiger partial charge in [-0.05, 0) is 62.3 Å². The number of carbonyl (C=O) groups is 1. The molecule has 134 valence electrons. The molecule has 1 atom stereocenters. The number of nitriles is 1. The van der Waals surface area contributed by atoms with Crippen LogP contribution in [-0.2, 0) is 4.79 Å². The van der Waals surface area contributed by atoms with Crippen LogP contribution in [0, 0.1) is 16.7 Å². The van der Waals surface area contributed by atoms with Crippen molar-refractivity contribution in [1.29, 1.82) is 5.26 Å². The monoisotopic (exact) mass is 351 g/mol. The second-order valence-electron chi connectivity index (χ2n) is 7.29. The van der Waals surface area contributed by atoms with Crippen LogP contribution in [-0.4, -0.2) is 40.1 Å². The largest absolute Gasteiger partial charge is 0.403 e. The summed E-state index contributed by atoms with van der Waals surface area (Å²) >= 11 is 0. The number of nitrogens with one attached hydrogen (secondary N) is 1. The van der Waals surface area contributed by atoms with Crippen molar-refractivity contribution >= 4 is 11.9 Å². The molecule has 1 aliphatic carbocycles. The lowest BCUT2D eigenvalue weighted by atomic mass is 9.93. The van der Waals surface area contributed by atoms with Gasteiger partial charge in [0.25, 0.3) is 0 Å². The average Bonchev–Trinajstić information content (AvgIpc) is 3.26. The zero-order valence-corrected chi connectivity index (χ0v) is 14.7. The molecule has 2 fully saturated rings. The van der Waals surface area contributed by atoms with Gasteiger partial charge in [0.15, 0.2) is 0 Å². The zero-order chi connectivity index (χ0) is 18.1. The van der Waals surface area contributed by atoms with Crippen molar-refractivity contribution in [2.24, 2.45) is 5.41 Å². The van der Waals surface area contributed by atoms with E-state index in [1.807, 2.05) is 11.8 Å². The Balaban J connectivity index is 1.37. The molecule has 2 heterocycles. The van der Waals surface area contributed by atoms with Crippen LogP contribution in [0.4, 0.5) is 6.01 Å². The Hall–Kier alpha value is -2.88. The van der Waals surface area contributed by atoms with Gasteiger partial charge in [0.05, 0.1) is 11.6 Å². The summed E-state index contributed by atoms with van der Waals surface area (Å²) < 4.78 is 5.61. The van der Waals surface area contributed by atoms with E-state index >= 15 is 0 Å². The van der Waals surface area contributed by atoms with Gasteiger partial charge in [0.2, 0.25) is 11.8 Å². The maximum atomic E-state index is 12.6. The lowest BCUT2D eigenvalue weighted by molar-refractivity contribution is -0.133. The molecule has 0 bridgehead atoms. The van der Waals surface area contributed by atoms with Gasteiger partial charge in [-0.15, -0.1) is 5.10 Å². The summed E-state index contributed by atoms with van der Waals surface area (Å²) in [6.45, 7) is 3.49. The third-order valence-electron chi connectivity index (χ3n) is 5.49. The first-order valence-electron chi connectivity index (χ1n) is 8.98. The van der Waals surface area contributed by atoms with E-state index in [1.165, 1.54) is 12.8 Å². The molecular weight excluding hydrogens is 330 g/mol. The maximum absolute atomic E-state index is 12.6. The minimum Gasteiger partial charge on any atom is -0.403 e. The van der Waals surface area contributed by atoms with Crippen LogP contribution in [0.2, 0.25) is 0 Å². The van der Waals surface area contributed by atoms with E-state index in [2.05, 4.69) is 21.6 Å². The minimum atomic E-state index is -0.419. The first-order valence-corrected chi connectivity index (χ1v) is 8.98. The Bertz CT molecular complexity index is 838. The molecule has 4 rings (SSSR count). The fourth-order valence-electron chi connectivity index (χ4n) is 3.48. The minimum absolute atomic E-state index is 0.0682. The molecule has 7 nitrogen and oxygen atoms in total. The molecule has 2 aliphatic rings. The van der Waals surface area contributed by atoms with E-state index < -0.39 is 6.04 Å². The van der Waals surface area contributed by atoms with Crippen molar-refractivity contribution in [2.45, 2.75) is 38.6 Å². The van der Waals surface area contributed by atoms with E-state index in [9.17, 15) is 4.79 Å². The summed E-state index contributed by atoms with van der Waals surface area (Å²) in [4.78, 5) is 14.6.